The van der Waals surface area contributed by atoms with E-state index in [1.807, 2.05) is 0 Å². The van der Waals surface area contributed by atoms with Crippen LogP contribution < -0.4 is 5.73 Å². The lowest BCUT2D eigenvalue weighted by atomic mass is 10.2. The van der Waals surface area contributed by atoms with Crippen LogP contribution in [0.4, 0.5) is 4.39 Å². The van der Waals surface area contributed by atoms with Crippen LogP contribution in [0.2, 0.25) is 5.02 Å². The summed E-state index contributed by atoms with van der Waals surface area (Å²) >= 11 is 5.71. The molecule has 1 atom stereocenters. The van der Waals surface area contributed by atoms with Crippen molar-refractivity contribution in [3.05, 3.63) is 34.9 Å². The Hall–Kier alpha value is -1.46. The van der Waals surface area contributed by atoms with Gasteiger partial charge in [0.15, 0.2) is 0 Å². The third-order valence-corrected chi connectivity index (χ3v) is 3.32. The largest absolute Gasteiger partial charge is 0.337 e. The summed E-state index contributed by atoms with van der Waals surface area (Å²) in [5, 5.41) is 3.87. The van der Waals surface area contributed by atoms with Gasteiger partial charge in [0.2, 0.25) is 11.7 Å². The summed E-state index contributed by atoms with van der Waals surface area (Å²) in [7, 11) is 0. The van der Waals surface area contributed by atoms with Crippen LogP contribution in [0.3, 0.4) is 0 Å². The molecule has 0 aliphatic heterocycles. The quantitative estimate of drug-likeness (QED) is 0.929. The van der Waals surface area contributed by atoms with Crippen molar-refractivity contribution in [1.29, 1.82) is 0 Å². The van der Waals surface area contributed by atoms with Crippen LogP contribution >= 0.6 is 11.6 Å². The van der Waals surface area contributed by atoms with E-state index in [1.54, 1.807) is 6.07 Å². The van der Waals surface area contributed by atoms with E-state index in [1.165, 1.54) is 12.1 Å². The molecule has 2 aromatic rings. The Balaban J connectivity index is 1.89. The second-order valence-corrected chi connectivity index (χ2v) is 4.86. The van der Waals surface area contributed by atoms with Gasteiger partial charge < -0.3 is 10.3 Å². The van der Waals surface area contributed by atoms with Crippen LogP contribution in [-0.4, -0.2) is 10.1 Å². The van der Waals surface area contributed by atoms with E-state index in [-0.39, 0.29) is 11.1 Å². The smallest absolute Gasteiger partial charge is 0.244 e. The van der Waals surface area contributed by atoms with Crippen LogP contribution in [0.15, 0.2) is 22.7 Å². The molecule has 18 heavy (non-hydrogen) atoms. The fraction of sp³-hybridized carbons (Fsp3) is 0.333. The van der Waals surface area contributed by atoms with E-state index in [9.17, 15) is 4.39 Å². The molecular weight excluding hydrogens is 257 g/mol. The van der Waals surface area contributed by atoms with Gasteiger partial charge in [-0.2, -0.15) is 4.98 Å². The van der Waals surface area contributed by atoms with Crippen LogP contribution in [0.1, 0.15) is 24.8 Å². The monoisotopic (exact) mass is 267 g/mol. The standard InChI is InChI=1S/C12H11ClFN3O/c13-8-5-7(3-4-9(8)14)11-16-12(18-17-11)10(15)6-1-2-6/h3-6,10H,1-2,15H2. The minimum absolute atomic E-state index is 0.0327. The van der Waals surface area contributed by atoms with Crippen LogP contribution in [0.25, 0.3) is 11.4 Å². The maximum atomic E-state index is 13.0. The predicted octanol–water partition coefficient (Wildman–Crippen LogP) is 2.94. The zero-order valence-electron chi connectivity index (χ0n) is 9.44. The van der Waals surface area contributed by atoms with E-state index in [0.29, 0.717) is 23.2 Å². The fourth-order valence-electron chi connectivity index (χ4n) is 1.78. The topological polar surface area (TPSA) is 64.9 Å². The first-order valence-corrected chi connectivity index (χ1v) is 6.07. The van der Waals surface area contributed by atoms with E-state index in [4.69, 9.17) is 21.9 Å². The summed E-state index contributed by atoms with van der Waals surface area (Å²) in [6, 6.07) is 4.09. The fourth-order valence-corrected chi connectivity index (χ4v) is 1.96. The van der Waals surface area contributed by atoms with Crippen LogP contribution in [-0.2, 0) is 0 Å². The van der Waals surface area contributed by atoms with Crippen molar-refractivity contribution in [2.45, 2.75) is 18.9 Å². The Morgan fingerprint density at radius 2 is 2.22 bits per heavy atom. The number of nitrogens with two attached hydrogens (primary N) is 1. The molecule has 1 aliphatic carbocycles. The molecule has 0 saturated heterocycles. The molecule has 6 heteroatoms. The average Bonchev–Trinajstić information content (AvgIpc) is 3.09. The van der Waals surface area contributed by atoms with Crippen molar-refractivity contribution in [2.75, 3.05) is 0 Å². The van der Waals surface area contributed by atoms with Crippen molar-refractivity contribution >= 4 is 11.6 Å². The molecule has 0 bridgehead atoms. The molecule has 4 nitrogen and oxygen atoms in total. The first kappa shape index (κ1) is 11.6. The molecule has 1 heterocycles. The highest BCUT2D eigenvalue weighted by molar-refractivity contribution is 6.31. The first-order valence-electron chi connectivity index (χ1n) is 5.70. The number of nitrogens with zero attached hydrogens (tertiary/aromatic N) is 2. The molecule has 0 amide bonds. The molecule has 94 valence electrons. The van der Waals surface area contributed by atoms with Gasteiger partial charge in [-0.15, -0.1) is 0 Å². The maximum Gasteiger partial charge on any atom is 0.244 e. The first-order chi connectivity index (χ1) is 8.65. The Labute approximate surface area is 108 Å². The zero-order chi connectivity index (χ0) is 12.7. The highest BCUT2D eigenvalue weighted by atomic mass is 35.5. The normalized spacial score (nSPS) is 16.8. The third kappa shape index (κ3) is 2.11. The van der Waals surface area contributed by atoms with Gasteiger partial charge >= 0.3 is 0 Å². The second kappa shape index (κ2) is 4.33. The van der Waals surface area contributed by atoms with E-state index in [2.05, 4.69) is 10.1 Å². The summed E-state index contributed by atoms with van der Waals surface area (Å²) in [6.45, 7) is 0. The third-order valence-electron chi connectivity index (χ3n) is 3.03. The van der Waals surface area contributed by atoms with Crippen LogP contribution in [0, 0.1) is 11.7 Å². The van der Waals surface area contributed by atoms with Gasteiger partial charge in [0.25, 0.3) is 0 Å². The van der Waals surface area contributed by atoms with Gasteiger partial charge in [0.1, 0.15) is 5.82 Å². The minimum Gasteiger partial charge on any atom is -0.337 e. The Morgan fingerprint density at radius 1 is 1.44 bits per heavy atom. The Kier molecular flexibility index (Phi) is 2.80. The van der Waals surface area contributed by atoms with Crippen molar-refractivity contribution < 1.29 is 8.91 Å². The zero-order valence-corrected chi connectivity index (χ0v) is 10.2. The molecule has 1 saturated carbocycles. The lowest BCUT2D eigenvalue weighted by molar-refractivity contribution is 0.343. The summed E-state index contributed by atoms with van der Waals surface area (Å²) in [5.74, 6) is 0.768. The van der Waals surface area contributed by atoms with E-state index in [0.717, 1.165) is 12.8 Å². The molecule has 1 unspecified atom stereocenters. The lowest BCUT2D eigenvalue weighted by Gasteiger charge is -2.01. The lowest BCUT2D eigenvalue weighted by Crippen LogP contribution is -2.12. The van der Waals surface area contributed by atoms with E-state index >= 15 is 0 Å². The van der Waals surface area contributed by atoms with Gasteiger partial charge in [-0.25, -0.2) is 4.39 Å². The summed E-state index contributed by atoms with van der Waals surface area (Å²) in [5.41, 5.74) is 6.57. The van der Waals surface area contributed by atoms with Gasteiger partial charge in [-0.3, -0.25) is 0 Å². The van der Waals surface area contributed by atoms with Crippen molar-refractivity contribution in [3.63, 3.8) is 0 Å². The van der Waals surface area contributed by atoms with Crippen molar-refractivity contribution in [1.82, 2.24) is 10.1 Å². The maximum absolute atomic E-state index is 13.0. The minimum atomic E-state index is -0.473. The average molecular weight is 268 g/mol. The molecule has 1 aromatic heterocycles. The highest BCUT2D eigenvalue weighted by Gasteiger charge is 2.33. The molecule has 0 radical (unpaired) electrons. The van der Waals surface area contributed by atoms with Gasteiger partial charge in [-0.1, -0.05) is 16.8 Å². The number of halogens is 2. The predicted molar refractivity (Wildman–Crippen MR) is 64.4 cm³/mol. The molecule has 1 fully saturated rings. The number of hydrogen-bond acceptors (Lipinski definition) is 4. The summed E-state index contributed by atoms with van der Waals surface area (Å²) in [6.07, 6.45) is 2.20. The molecule has 1 aromatic carbocycles. The summed E-state index contributed by atoms with van der Waals surface area (Å²) in [4.78, 5) is 4.23. The number of hydrogen-bond donors (Lipinski definition) is 1. The van der Waals surface area contributed by atoms with Gasteiger partial charge in [0, 0.05) is 5.56 Å². The summed E-state index contributed by atoms with van der Waals surface area (Å²) < 4.78 is 18.2. The molecule has 1 aliphatic rings. The molecule has 0 spiro atoms. The number of benzene rings is 1. The molecular formula is C12H11ClFN3O. The SMILES string of the molecule is NC(c1nc(-c2ccc(F)c(Cl)c2)no1)C1CC1. The highest BCUT2D eigenvalue weighted by Crippen LogP contribution is 2.39. The van der Waals surface area contributed by atoms with E-state index < -0.39 is 5.82 Å². The van der Waals surface area contributed by atoms with Crippen LogP contribution in [0.5, 0.6) is 0 Å². The van der Waals surface area contributed by atoms with Crippen molar-refractivity contribution in [3.8, 4) is 11.4 Å². The molecule has 2 N–H and O–H groups in total. The van der Waals surface area contributed by atoms with Gasteiger partial charge in [-0.05, 0) is 37.0 Å². The second-order valence-electron chi connectivity index (χ2n) is 4.45. The van der Waals surface area contributed by atoms with Crippen molar-refractivity contribution in [2.24, 2.45) is 11.7 Å². The van der Waals surface area contributed by atoms with Gasteiger partial charge in [0.05, 0.1) is 11.1 Å². The Morgan fingerprint density at radius 3 is 2.89 bits per heavy atom. The number of aromatic nitrogens is 2. The Bertz CT molecular complexity index is 582. The molecule has 3 rings (SSSR count). The number of rotatable bonds is 3.